The van der Waals surface area contributed by atoms with Crippen molar-refractivity contribution in [2.75, 3.05) is 31.2 Å². The number of anilines is 1. The molecule has 3 aromatic rings. The molecule has 0 bridgehead atoms. The van der Waals surface area contributed by atoms with Crippen molar-refractivity contribution in [1.29, 1.82) is 0 Å². The Morgan fingerprint density at radius 3 is 2.61 bits per heavy atom. The first-order valence-corrected chi connectivity index (χ1v) is 8.33. The van der Waals surface area contributed by atoms with Gasteiger partial charge in [0.25, 0.3) is 0 Å². The van der Waals surface area contributed by atoms with Crippen LogP contribution in [0.25, 0.3) is 11.2 Å². The number of imidazole rings is 1. The van der Waals surface area contributed by atoms with Gasteiger partial charge in [0.2, 0.25) is 0 Å². The molecular weight excluding hydrogens is 358 g/mol. The molecule has 0 saturated carbocycles. The van der Waals surface area contributed by atoms with Crippen LogP contribution >= 0.6 is 15.9 Å². The molecule has 1 saturated heterocycles. The Morgan fingerprint density at radius 2 is 1.83 bits per heavy atom. The monoisotopic (exact) mass is 373 g/mol. The molecule has 1 aromatic carbocycles. The number of benzene rings is 1. The molecule has 118 valence electrons. The average Bonchev–Trinajstić information content (AvgIpc) is 3.01. The normalized spacial score (nSPS) is 15.3. The molecule has 7 heteroatoms. The molecule has 3 heterocycles. The van der Waals surface area contributed by atoms with Crippen molar-refractivity contribution in [3.63, 3.8) is 0 Å². The van der Waals surface area contributed by atoms with Gasteiger partial charge in [-0.2, -0.15) is 0 Å². The number of hydrogen-bond acceptors (Lipinski definition) is 5. The summed E-state index contributed by atoms with van der Waals surface area (Å²) in [6, 6.07) is 8.28. The first-order chi connectivity index (χ1) is 11.3. The molecule has 0 spiro atoms. The van der Waals surface area contributed by atoms with Crippen LogP contribution < -0.4 is 4.90 Å². The van der Waals surface area contributed by atoms with Crippen molar-refractivity contribution in [2.24, 2.45) is 0 Å². The van der Waals surface area contributed by atoms with Crippen molar-refractivity contribution in [2.45, 2.75) is 6.54 Å². The zero-order chi connectivity index (χ0) is 15.6. The molecule has 2 aromatic heterocycles. The van der Waals surface area contributed by atoms with Crippen LogP contribution in [-0.4, -0.2) is 45.8 Å². The summed E-state index contributed by atoms with van der Waals surface area (Å²) in [5.41, 5.74) is 2.93. The Kier molecular flexibility index (Phi) is 3.97. The van der Waals surface area contributed by atoms with Crippen LogP contribution in [0, 0.1) is 0 Å². The third kappa shape index (κ3) is 2.94. The van der Waals surface area contributed by atoms with E-state index < -0.39 is 0 Å². The van der Waals surface area contributed by atoms with E-state index in [0.29, 0.717) is 0 Å². The molecule has 0 radical (unpaired) electrons. The molecule has 0 aliphatic carbocycles. The maximum absolute atomic E-state index is 5.41. The van der Waals surface area contributed by atoms with Crippen molar-refractivity contribution < 1.29 is 4.74 Å². The Morgan fingerprint density at radius 1 is 1.04 bits per heavy atom. The van der Waals surface area contributed by atoms with Gasteiger partial charge >= 0.3 is 0 Å². The van der Waals surface area contributed by atoms with Crippen LogP contribution in [0.1, 0.15) is 5.56 Å². The smallest absolute Gasteiger partial charge is 0.165 e. The summed E-state index contributed by atoms with van der Waals surface area (Å²) in [5, 5.41) is 0. The van der Waals surface area contributed by atoms with Crippen LogP contribution in [0.15, 0.2) is 41.4 Å². The third-order valence-corrected chi connectivity index (χ3v) is 4.49. The van der Waals surface area contributed by atoms with E-state index in [4.69, 9.17) is 4.74 Å². The predicted octanol–water partition coefficient (Wildman–Crippen LogP) is 2.47. The van der Waals surface area contributed by atoms with Crippen molar-refractivity contribution in [1.82, 2.24) is 19.5 Å². The standard InChI is InChI=1S/C16H16BrN5O/c17-13-3-1-12(2-4-13)9-22-11-20-14-15(18-10-19-16(14)22)21-5-7-23-8-6-21/h1-4,10-11H,5-9H2. The molecule has 1 aliphatic rings. The zero-order valence-electron chi connectivity index (χ0n) is 12.5. The van der Waals surface area contributed by atoms with Crippen molar-refractivity contribution in [3.05, 3.63) is 47.0 Å². The highest BCUT2D eigenvalue weighted by molar-refractivity contribution is 9.10. The summed E-state index contributed by atoms with van der Waals surface area (Å²) < 4.78 is 8.55. The molecule has 1 aliphatic heterocycles. The maximum Gasteiger partial charge on any atom is 0.165 e. The molecule has 0 unspecified atom stereocenters. The van der Waals surface area contributed by atoms with E-state index in [0.717, 1.165) is 54.3 Å². The first-order valence-electron chi connectivity index (χ1n) is 7.54. The highest BCUT2D eigenvalue weighted by Crippen LogP contribution is 2.23. The minimum atomic E-state index is 0.727. The number of aromatic nitrogens is 4. The summed E-state index contributed by atoms with van der Waals surface area (Å²) in [6.07, 6.45) is 3.46. The van der Waals surface area contributed by atoms with Gasteiger partial charge in [0.05, 0.1) is 26.1 Å². The molecule has 0 N–H and O–H groups in total. The molecule has 6 nitrogen and oxygen atoms in total. The molecule has 4 rings (SSSR count). The summed E-state index contributed by atoms with van der Waals surface area (Å²) >= 11 is 3.46. The molecular formula is C16H16BrN5O. The second kappa shape index (κ2) is 6.25. The van der Waals surface area contributed by atoms with E-state index in [1.807, 2.05) is 18.5 Å². The van der Waals surface area contributed by atoms with E-state index in [-0.39, 0.29) is 0 Å². The summed E-state index contributed by atoms with van der Waals surface area (Å²) in [6.45, 7) is 3.87. The summed E-state index contributed by atoms with van der Waals surface area (Å²) in [7, 11) is 0. The van der Waals surface area contributed by atoms with Gasteiger partial charge in [-0.25, -0.2) is 15.0 Å². The minimum Gasteiger partial charge on any atom is -0.378 e. The summed E-state index contributed by atoms with van der Waals surface area (Å²) in [5.74, 6) is 0.896. The largest absolute Gasteiger partial charge is 0.378 e. The SMILES string of the molecule is Brc1ccc(Cn2cnc3c(N4CCOCC4)ncnc32)cc1. The minimum absolute atomic E-state index is 0.727. The Bertz CT molecular complexity index is 811. The lowest BCUT2D eigenvalue weighted by atomic mass is 10.2. The van der Waals surface area contributed by atoms with Gasteiger partial charge in [0, 0.05) is 17.6 Å². The Balaban J connectivity index is 1.68. The van der Waals surface area contributed by atoms with Crippen LogP contribution in [-0.2, 0) is 11.3 Å². The Hall–Kier alpha value is -1.99. The molecule has 1 fully saturated rings. The van der Waals surface area contributed by atoms with Gasteiger partial charge in [-0.15, -0.1) is 0 Å². The van der Waals surface area contributed by atoms with Gasteiger partial charge in [-0.05, 0) is 17.7 Å². The Labute approximate surface area is 142 Å². The first kappa shape index (κ1) is 14.6. The predicted molar refractivity (Wildman–Crippen MR) is 91.6 cm³/mol. The number of nitrogens with zero attached hydrogens (tertiary/aromatic N) is 5. The molecule has 0 atom stereocenters. The van der Waals surface area contributed by atoms with Crippen molar-refractivity contribution in [3.8, 4) is 0 Å². The van der Waals surface area contributed by atoms with E-state index >= 15 is 0 Å². The highest BCUT2D eigenvalue weighted by Gasteiger charge is 2.18. The zero-order valence-corrected chi connectivity index (χ0v) is 14.1. The van der Waals surface area contributed by atoms with E-state index in [9.17, 15) is 0 Å². The lowest BCUT2D eigenvalue weighted by Crippen LogP contribution is -2.36. The second-order valence-electron chi connectivity index (χ2n) is 5.47. The van der Waals surface area contributed by atoms with Gasteiger partial charge in [0.15, 0.2) is 17.0 Å². The average molecular weight is 374 g/mol. The maximum atomic E-state index is 5.41. The third-order valence-electron chi connectivity index (χ3n) is 3.96. The number of ether oxygens (including phenoxy) is 1. The van der Waals surface area contributed by atoms with Crippen LogP contribution in [0.5, 0.6) is 0 Å². The number of hydrogen-bond donors (Lipinski definition) is 0. The van der Waals surface area contributed by atoms with Gasteiger partial charge < -0.3 is 14.2 Å². The number of halogens is 1. The van der Waals surface area contributed by atoms with Crippen LogP contribution in [0.3, 0.4) is 0 Å². The van der Waals surface area contributed by atoms with Gasteiger partial charge in [-0.3, -0.25) is 0 Å². The number of rotatable bonds is 3. The van der Waals surface area contributed by atoms with Crippen molar-refractivity contribution >= 4 is 32.9 Å². The topological polar surface area (TPSA) is 56.1 Å². The molecule has 23 heavy (non-hydrogen) atoms. The second-order valence-corrected chi connectivity index (χ2v) is 6.38. The highest BCUT2D eigenvalue weighted by atomic mass is 79.9. The van der Waals surface area contributed by atoms with Crippen LogP contribution in [0.2, 0.25) is 0 Å². The quantitative estimate of drug-likeness (QED) is 0.705. The van der Waals surface area contributed by atoms with Gasteiger partial charge in [0.1, 0.15) is 6.33 Å². The van der Waals surface area contributed by atoms with E-state index in [2.05, 4.69) is 52.5 Å². The van der Waals surface area contributed by atoms with Gasteiger partial charge in [-0.1, -0.05) is 28.1 Å². The fourth-order valence-corrected chi connectivity index (χ4v) is 3.04. The van der Waals surface area contributed by atoms with Crippen LogP contribution in [0.4, 0.5) is 5.82 Å². The summed E-state index contributed by atoms with van der Waals surface area (Å²) in [4.78, 5) is 15.6. The number of fused-ring (bicyclic) bond motifs is 1. The molecule has 0 amide bonds. The fourth-order valence-electron chi connectivity index (χ4n) is 2.78. The number of morpholine rings is 1. The fraction of sp³-hybridized carbons (Fsp3) is 0.312. The van der Waals surface area contributed by atoms with E-state index in [1.54, 1.807) is 6.33 Å². The lowest BCUT2D eigenvalue weighted by Gasteiger charge is -2.27. The lowest BCUT2D eigenvalue weighted by molar-refractivity contribution is 0.122. The van der Waals surface area contributed by atoms with E-state index in [1.165, 1.54) is 5.56 Å².